The van der Waals surface area contributed by atoms with Gasteiger partial charge in [-0.05, 0) is 6.92 Å². The topological polar surface area (TPSA) is 49.7 Å². The van der Waals surface area contributed by atoms with Gasteiger partial charge in [-0.15, -0.1) is 0 Å². The molecular formula is C6H8O3. The number of rotatable bonds is 0. The van der Waals surface area contributed by atoms with Gasteiger partial charge < -0.3 is 14.9 Å². The predicted molar refractivity (Wildman–Crippen MR) is 32.0 cm³/mol. The molecule has 0 aliphatic carbocycles. The number of hydrogen-bond donors (Lipinski definition) is 2. The van der Waals surface area contributed by atoms with Crippen molar-refractivity contribution in [2.75, 3.05) is 0 Å². The summed E-state index contributed by atoms with van der Waals surface area (Å²) in [5, 5.41) is 17.7. The Labute approximate surface area is 52.9 Å². The van der Waals surface area contributed by atoms with Crippen LogP contribution in [0, 0.1) is 0 Å². The maximum atomic E-state index is 8.88. The second-order valence-corrected chi connectivity index (χ2v) is 1.92. The molecule has 2 N–H and O–H groups in total. The molecular weight excluding hydrogens is 120 g/mol. The number of aliphatic hydroxyl groups excluding tert-OH is 2. The SMILES string of the molecule is C=C1OC(C)C(O)=C1O. The lowest BCUT2D eigenvalue weighted by atomic mass is 10.3. The lowest BCUT2D eigenvalue weighted by Gasteiger charge is -2.01. The fourth-order valence-corrected chi connectivity index (χ4v) is 0.660. The van der Waals surface area contributed by atoms with Crippen molar-refractivity contribution < 1.29 is 14.9 Å². The highest BCUT2D eigenvalue weighted by Crippen LogP contribution is 2.24. The van der Waals surface area contributed by atoms with Gasteiger partial charge in [0.05, 0.1) is 0 Å². The van der Waals surface area contributed by atoms with Crippen LogP contribution in [0.1, 0.15) is 6.92 Å². The van der Waals surface area contributed by atoms with E-state index in [0.717, 1.165) is 0 Å². The summed E-state index contributed by atoms with van der Waals surface area (Å²) < 4.78 is 4.82. The molecule has 1 atom stereocenters. The van der Waals surface area contributed by atoms with Crippen molar-refractivity contribution in [2.24, 2.45) is 0 Å². The van der Waals surface area contributed by atoms with Crippen LogP contribution in [0.25, 0.3) is 0 Å². The molecule has 0 aromatic carbocycles. The second kappa shape index (κ2) is 1.69. The van der Waals surface area contributed by atoms with E-state index in [1.54, 1.807) is 6.92 Å². The quantitative estimate of drug-likeness (QED) is 0.516. The normalized spacial score (nSPS) is 26.8. The Morgan fingerprint density at radius 3 is 2.22 bits per heavy atom. The lowest BCUT2D eigenvalue weighted by Crippen LogP contribution is -2.01. The minimum Gasteiger partial charge on any atom is -0.505 e. The molecule has 0 radical (unpaired) electrons. The summed E-state index contributed by atoms with van der Waals surface area (Å²) in [5.41, 5.74) is 0. The standard InChI is InChI=1S/C6H8O3/c1-3-5(7)6(8)4(2)9-3/h4,7-8H,1H2,2H3. The molecule has 1 rings (SSSR count). The van der Waals surface area contributed by atoms with Crippen molar-refractivity contribution in [3.8, 4) is 0 Å². The summed E-state index contributed by atoms with van der Waals surface area (Å²) in [6, 6.07) is 0. The van der Waals surface area contributed by atoms with E-state index in [2.05, 4.69) is 6.58 Å². The molecule has 0 bridgehead atoms. The monoisotopic (exact) mass is 128 g/mol. The van der Waals surface area contributed by atoms with Crippen LogP contribution < -0.4 is 0 Å². The molecule has 0 saturated carbocycles. The summed E-state index contributed by atoms with van der Waals surface area (Å²) in [6.45, 7) is 4.97. The summed E-state index contributed by atoms with van der Waals surface area (Å²) in [4.78, 5) is 0. The lowest BCUT2D eigenvalue weighted by molar-refractivity contribution is 0.152. The van der Waals surface area contributed by atoms with Crippen molar-refractivity contribution in [2.45, 2.75) is 13.0 Å². The molecule has 1 aliphatic rings. The van der Waals surface area contributed by atoms with Crippen LogP contribution in [0.3, 0.4) is 0 Å². The van der Waals surface area contributed by atoms with Crippen LogP contribution in [0.15, 0.2) is 23.9 Å². The maximum Gasteiger partial charge on any atom is 0.199 e. The maximum absolute atomic E-state index is 8.88. The highest BCUT2D eigenvalue weighted by atomic mass is 16.5. The van der Waals surface area contributed by atoms with E-state index in [1.165, 1.54) is 0 Å². The van der Waals surface area contributed by atoms with Crippen LogP contribution in [0.2, 0.25) is 0 Å². The first-order valence-electron chi connectivity index (χ1n) is 2.61. The Morgan fingerprint density at radius 2 is 2.11 bits per heavy atom. The average molecular weight is 128 g/mol. The van der Waals surface area contributed by atoms with Crippen LogP contribution in [-0.2, 0) is 4.74 Å². The van der Waals surface area contributed by atoms with Gasteiger partial charge in [0.15, 0.2) is 23.4 Å². The highest BCUT2D eigenvalue weighted by molar-refractivity contribution is 5.26. The zero-order chi connectivity index (χ0) is 7.02. The van der Waals surface area contributed by atoms with Gasteiger partial charge in [-0.1, -0.05) is 6.58 Å². The van der Waals surface area contributed by atoms with Crippen LogP contribution in [0.5, 0.6) is 0 Å². The smallest absolute Gasteiger partial charge is 0.199 e. The number of hydrogen-bond acceptors (Lipinski definition) is 3. The second-order valence-electron chi connectivity index (χ2n) is 1.92. The zero-order valence-corrected chi connectivity index (χ0v) is 5.09. The Balaban J connectivity index is 2.92. The van der Waals surface area contributed by atoms with E-state index < -0.39 is 6.10 Å². The average Bonchev–Trinajstić information content (AvgIpc) is 1.98. The van der Waals surface area contributed by atoms with E-state index >= 15 is 0 Å². The van der Waals surface area contributed by atoms with Gasteiger partial charge in [0.25, 0.3) is 0 Å². The summed E-state index contributed by atoms with van der Waals surface area (Å²) in [7, 11) is 0. The van der Waals surface area contributed by atoms with Crippen molar-refractivity contribution in [3.05, 3.63) is 23.9 Å². The number of ether oxygens (including phenoxy) is 1. The van der Waals surface area contributed by atoms with Gasteiger partial charge in [0.2, 0.25) is 0 Å². The molecule has 3 nitrogen and oxygen atoms in total. The molecule has 0 amide bonds. The van der Waals surface area contributed by atoms with Crippen molar-refractivity contribution in [1.82, 2.24) is 0 Å². The third kappa shape index (κ3) is 0.740. The van der Waals surface area contributed by atoms with Gasteiger partial charge in [-0.3, -0.25) is 0 Å². The molecule has 1 aliphatic heterocycles. The first-order chi connectivity index (χ1) is 4.13. The van der Waals surface area contributed by atoms with Gasteiger partial charge in [0, 0.05) is 0 Å². The molecule has 0 aromatic heterocycles. The summed E-state index contributed by atoms with van der Waals surface area (Å²) in [6.07, 6.45) is -0.447. The summed E-state index contributed by atoms with van der Waals surface area (Å²) in [5.74, 6) is -0.234. The fourth-order valence-electron chi connectivity index (χ4n) is 0.660. The predicted octanol–water partition coefficient (Wildman–Crippen LogP) is 1.25. The fraction of sp³-hybridized carbons (Fsp3) is 0.333. The third-order valence-corrected chi connectivity index (χ3v) is 1.21. The van der Waals surface area contributed by atoms with E-state index in [-0.39, 0.29) is 17.3 Å². The van der Waals surface area contributed by atoms with Crippen molar-refractivity contribution >= 4 is 0 Å². The van der Waals surface area contributed by atoms with Crippen LogP contribution in [0.4, 0.5) is 0 Å². The third-order valence-electron chi connectivity index (χ3n) is 1.21. The van der Waals surface area contributed by atoms with Crippen LogP contribution >= 0.6 is 0 Å². The van der Waals surface area contributed by atoms with Crippen LogP contribution in [-0.4, -0.2) is 16.3 Å². The highest BCUT2D eigenvalue weighted by Gasteiger charge is 2.25. The van der Waals surface area contributed by atoms with E-state index in [0.29, 0.717) is 0 Å². The minimum atomic E-state index is -0.447. The molecule has 3 heteroatoms. The molecule has 1 unspecified atom stereocenters. The molecule has 0 saturated heterocycles. The van der Waals surface area contributed by atoms with Gasteiger partial charge in [-0.2, -0.15) is 0 Å². The van der Waals surface area contributed by atoms with Gasteiger partial charge >= 0.3 is 0 Å². The molecule has 0 fully saturated rings. The van der Waals surface area contributed by atoms with E-state index in [9.17, 15) is 0 Å². The molecule has 0 spiro atoms. The van der Waals surface area contributed by atoms with Gasteiger partial charge in [0.1, 0.15) is 0 Å². The largest absolute Gasteiger partial charge is 0.505 e. The van der Waals surface area contributed by atoms with Gasteiger partial charge in [-0.25, -0.2) is 0 Å². The first kappa shape index (κ1) is 6.01. The molecule has 9 heavy (non-hydrogen) atoms. The molecule has 1 heterocycles. The van der Waals surface area contributed by atoms with Crippen molar-refractivity contribution in [1.29, 1.82) is 0 Å². The van der Waals surface area contributed by atoms with E-state index in [1.807, 2.05) is 0 Å². The Bertz CT molecular complexity index is 181. The first-order valence-corrected chi connectivity index (χ1v) is 2.61. The Hall–Kier alpha value is -1.12. The molecule has 0 aromatic rings. The molecule has 50 valence electrons. The van der Waals surface area contributed by atoms with Crippen molar-refractivity contribution in [3.63, 3.8) is 0 Å². The Kier molecular flexibility index (Phi) is 1.12. The number of aliphatic hydroxyl groups is 2. The Morgan fingerprint density at radius 1 is 1.56 bits per heavy atom. The zero-order valence-electron chi connectivity index (χ0n) is 5.09. The summed E-state index contributed by atoms with van der Waals surface area (Å²) >= 11 is 0. The minimum absolute atomic E-state index is 0.139. The van der Waals surface area contributed by atoms with E-state index in [4.69, 9.17) is 14.9 Å².